The molecule has 0 aliphatic carbocycles. The highest BCUT2D eigenvalue weighted by molar-refractivity contribution is 9.13. The van der Waals surface area contributed by atoms with Gasteiger partial charge in [-0.3, -0.25) is 0 Å². The van der Waals surface area contributed by atoms with Crippen LogP contribution in [0.25, 0.3) is 0 Å². The van der Waals surface area contributed by atoms with Gasteiger partial charge in [-0.1, -0.05) is 0 Å². The molecular formula is C10H12Br2O3. The maximum Gasteiger partial charge on any atom is 0.173 e. The number of benzene rings is 1. The summed E-state index contributed by atoms with van der Waals surface area (Å²) >= 11 is 6.65. The van der Waals surface area contributed by atoms with Gasteiger partial charge in [0.05, 0.1) is 11.6 Å². The van der Waals surface area contributed by atoms with Crippen molar-refractivity contribution in [1.82, 2.24) is 0 Å². The SMILES string of the molecule is COc1cc(CCCO)c(Br)c(Br)c1O. The summed E-state index contributed by atoms with van der Waals surface area (Å²) in [6.07, 6.45) is 1.41. The molecule has 0 atom stereocenters. The van der Waals surface area contributed by atoms with E-state index in [0.717, 1.165) is 16.5 Å². The van der Waals surface area contributed by atoms with E-state index in [4.69, 9.17) is 9.84 Å². The van der Waals surface area contributed by atoms with E-state index in [2.05, 4.69) is 31.9 Å². The minimum absolute atomic E-state index is 0.0807. The first kappa shape index (κ1) is 12.8. The van der Waals surface area contributed by atoms with Crippen molar-refractivity contribution in [3.05, 3.63) is 20.6 Å². The Bertz CT molecular complexity index is 353. The maximum absolute atomic E-state index is 9.68. The molecule has 0 saturated heterocycles. The molecule has 0 radical (unpaired) electrons. The van der Waals surface area contributed by atoms with Gasteiger partial charge in [-0.25, -0.2) is 0 Å². The number of aryl methyl sites for hydroxylation is 1. The Kier molecular flexibility index (Phi) is 4.89. The normalized spacial score (nSPS) is 10.4. The van der Waals surface area contributed by atoms with Gasteiger partial charge < -0.3 is 14.9 Å². The van der Waals surface area contributed by atoms with Crippen LogP contribution in [0.2, 0.25) is 0 Å². The van der Waals surface area contributed by atoms with Crippen molar-refractivity contribution in [3.63, 3.8) is 0 Å². The fourth-order valence-electron chi connectivity index (χ4n) is 1.25. The summed E-state index contributed by atoms with van der Waals surface area (Å²) in [6, 6.07) is 1.76. The van der Waals surface area contributed by atoms with Crippen LogP contribution in [0.15, 0.2) is 15.0 Å². The largest absolute Gasteiger partial charge is 0.503 e. The van der Waals surface area contributed by atoms with E-state index < -0.39 is 0 Å². The summed E-state index contributed by atoms with van der Waals surface area (Å²) in [5.41, 5.74) is 0.991. The highest BCUT2D eigenvalue weighted by Gasteiger charge is 2.14. The topological polar surface area (TPSA) is 49.7 Å². The molecule has 0 aromatic heterocycles. The number of methoxy groups -OCH3 is 1. The number of aliphatic hydroxyl groups excluding tert-OH is 1. The Morgan fingerprint density at radius 1 is 1.33 bits per heavy atom. The predicted octanol–water partition coefficient (Wildman–Crippen LogP) is 2.85. The average molecular weight is 340 g/mol. The monoisotopic (exact) mass is 338 g/mol. The van der Waals surface area contributed by atoms with Crippen LogP contribution in [0.4, 0.5) is 0 Å². The molecule has 0 heterocycles. The Morgan fingerprint density at radius 2 is 2.00 bits per heavy atom. The number of hydrogen-bond donors (Lipinski definition) is 2. The molecule has 15 heavy (non-hydrogen) atoms. The van der Waals surface area contributed by atoms with Gasteiger partial charge >= 0.3 is 0 Å². The summed E-state index contributed by atoms with van der Waals surface area (Å²) in [5.74, 6) is 0.509. The first-order valence-electron chi connectivity index (χ1n) is 4.46. The summed E-state index contributed by atoms with van der Waals surface area (Å²) in [5, 5.41) is 18.4. The zero-order valence-electron chi connectivity index (χ0n) is 8.26. The number of halogens is 2. The Morgan fingerprint density at radius 3 is 2.53 bits per heavy atom. The van der Waals surface area contributed by atoms with Gasteiger partial charge in [0.25, 0.3) is 0 Å². The molecule has 0 saturated carbocycles. The molecule has 1 aromatic rings. The highest BCUT2D eigenvalue weighted by atomic mass is 79.9. The molecule has 2 N–H and O–H groups in total. The lowest BCUT2D eigenvalue weighted by Crippen LogP contribution is -1.94. The third kappa shape index (κ3) is 2.86. The van der Waals surface area contributed by atoms with Crippen LogP contribution in [-0.4, -0.2) is 23.9 Å². The first-order valence-corrected chi connectivity index (χ1v) is 6.05. The molecule has 1 aromatic carbocycles. The lowest BCUT2D eigenvalue weighted by molar-refractivity contribution is 0.288. The van der Waals surface area contributed by atoms with Gasteiger partial charge in [0, 0.05) is 11.1 Å². The second-order valence-electron chi connectivity index (χ2n) is 3.04. The minimum atomic E-state index is 0.0807. The quantitative estimate of drug-likeness (QED) is 0.886. The van der Waals surface area contributed by atoms with Gasteiger partial charge in [0.15, 0.2) is 11.5 Å². The first-order chi connectivity index (χ1) is 7.11. The number of aliphatic hydroxyl groups is 1. The van der Waals surface area contributed by atoms with Crippen molar-refractivity contribution in [1.29, 1.82) is 0 Å². The molecule has 84 valence electrons. The van der Waals surface area contributed by atoms with E-state index in [-0.39, 0.29) is 12.4 Å². The van der Waals surface area contributed by atoms with E-state index in [9.17, 15) is 5.11 Å². The fraction of sp³-hybridized carbons (Fsp3) is 0.400. The van der Waals surface area contributed by atoms with Crippen molar-refractivity contribution < 1.29 is 14.9 Å². The van der Waals surface area contributed by atoms with Crippen LogP contribution in [0.5, 0.6) is 11.5 Å². The Hall–Kier alpha value is -0.260. The molecule has 3 nitrogen and oxygen atoms in total. The molecule has 0 spiro atoms. The minimum Gasteiger partial charge on any atom is -0.503 e. The average Bonchev–Trinajstić information content (AvgIpc) is 2.25. The van der Waals surface area contributed by atoms with Gasteiger partial charge in [-0.05, 0) is 56.3 Å². The van der Waals surface area contributed by atoms with Gasteiger partial charge in [0.2, 0.25) is 0 Å². The number of aromatic hydroxyl groups is 1. The maximum atomic E-state index is 9.68. The van der Waals surface area contributed by atoms with Crippen LogP contribution in [-0.2, 0) is 6.42 Å². The van der Waals surface area contributed by atoms with Crippen molar-refractivity contribution in [3.8, 4) is 11.5 Å². The standard InChI is InChI=1S/C10H12Br2O3/c1-15-7-5-6(3-2-4-13)8(11)9(12)10(7)14/h5,13-14H,2-4H2,1H3. The third-order valence-corrected chi connectivity index (χ3v) is 4.26. The second kappa shape index (κ2) is 5.72. The lowest BCUT2D eigenvalue weighted by atomic mass is 10.1. The van der Waals surface area contributed by atoms with E-state index >= 15 is 0 Å². The number of rotatable bonds is 4. The molecule has 5 heteroatoms. The Labute approximate surface area is 105 Å². The third-order valence-electron chi connectivity index (χ3n) is 2.05. The number of hydrogen-bond acceptors (Lipinski definition) is 3. The van der Waals surface area contributed by atoms with Crippen molar-refractivity contribution in [2.75, 3.05) is 13.7 Å². The van der Waals surface area contributed by atoms with E-state index in [1.807, 2.05) is 0 Å². The summed E-state index contributed by atoms with van der Waals surface area (Å²) < 4.78 is 6.42. The van der Waals surface area contributed by atoms with Crippen molar-refractivity contribution >= 4 is 31.9 Å². The second-order valence-corrected chi connectivity index (χ2v) is 4.63. The zero-order valence-corrected chi connectivity index (χ0v) is 11.4. The molecule has 0 aliphatic heterocycles. The van der Waals surface area contributed by atoms with E-state index in [1.165, 1.54) is 7.11 Å². The lowest BCUT2D eigenvalue weighted by Gasteiger charge is -2.11. The van der Waals surface area contributed by atoms with Crippen LogP contribution in [0.1, 0.15) is 12.0 Å². The molecule has 0 unspecified atom stereocenters. The van der Waals surface area contributed by atoms with Crippen molar-refractivity contribution in [2.24, 2.45) is 0 Å². The van der Waals surface area contributed by atoms with E-state index in [0.29, 0.717) is 16.6 Å². The highest BCUT2D eigenvalue weighted by Crippen LogP contribution is 2.41. The Balaban J connectivity index is 3.11. The summed E-state index contributed by atoms with van der Waals surface area (Å²) in [7, 11) is 1.51. The van der Waals surface area contributed by atoms with Gasteiger partial charge in [-0.15, -0.1) is 0 Å². The smallest absolute Gasteiger partial charge is 0.173 e. The fourth-order valence-corrected chi connectivity index (χ4v) is 2.20. The van der Waals surface area contributed by atoms with Crippen LogP contribution in [0.3, 0.4) is 0 Å². The summed E-state index contributed by atoms with van der Waals surface area (Å²) in [4.78, 5) is 0. The van der Waals surface area contributed by atoms with Crippen molar-refractivity contribution in [2.45, 2.75) is 12.8 Å². The molecule has 0 amide bonds. The number of phenols is 1. The van der Waals surface area contributed by atoms with Crippen LogP contribution < -0.4 is 4.74 Å². The molecule has 0 bridgehead atoms. The number of ether oxygens (including phenoxy) is 1. The molecule has 1 rings (SSSR count). The van der Waals surface area contributed by atoms with Gasteiger partial charge in [-0.2, -0.15) is 0 Å². The van der Waals surface area contributed by atoms with Gasteiger partial charge in [0.1, 0.15) is 0 Å². The van der Waals surface area contributed by atoms with Crippen LogP contribution >= 0.6 is 31.9 Å². The summed E-state index contributed by atoms with van der Waals surface area (Å²) in [6.45, 7) is 0.146. The number of phenolic OH excluding ortho intramolecular Hbond substituents is 1. The van der Waals surface area contributed by atoms with Crippen LogP contribution in [0, 0.1) is 0 Å². The zero-order chi connectivity index (χ0) is 11.4. The predicted molar refractivity (Wildman–Crippen MR) is 65.5 cm³/mol. The molecule has 0 aliphatic rings. The van der Waals surface area contributed by atoms with E-state index in [1.54, 1.807) is 6.07 Å². The molecule has 0 fully saturated rings. The molecular weight excluding hydrogens is 328 g/mol.